The molecule has 2 N–H and O–H groups in total. The second-order valence-corrected chi connectivity index (χ2v) is 7.98. The van der Waals surface area contributed by atoms with Gasteiger partial charge in [-0.3, -0.25) is 9.89 Å². The molecule has 26 heavy (non-hydrogen) atoms. The highest BCUT2D eigenvalue weighted by atomic mass is 15.3. The van der Waals surface area contributed by atoms with E-state index in [0.717, 1.165) is 6.54 Å². The number of nitrogens with zero attached hydrogens (tertiary/aromatic N) is 2. The molecular weight excluding hydrogens is 318 g/mol. The Labute approximate surface area is 163 Å². The summed E-state index contributed by atoms with van der Waals surface area (Å²) in [6, 6.07) is 0. The molecule has 0 amide bonds. The summed E-state index contributed by atoms with van der Waals surface area (Å²) in [5.41, 5.74) is 5.99. The lowest BCUT2D eigenvalue weighted by molar-refractivity contribution is 0.182. The molecule has 0 fully saturated rings. The summed E-state index contributed by atoms with van der Waals surface area (Å²) in [6.45, 7) is 5.25. The minimum Gasteiger partial charge on any atom is -0.316 e. The molecule has 152 valence electrons. The normalized spacial score (nSPS) is 19.0. The monoisotopic (exact) mass is 363 g/mol. The van der Waals surface area contributed by atoms with Gasteiger partial charge in [-0.1, -0.05) is 83.3 Å². The third kappa shape index (κ3) is 11.9. The van der Waals surface area contributed by atoms with Crippen molar-refractivity contribution in [1.82, 2.24) is 4.90 Å². The highest BCUT2D eigenvalue weighted by Crippen LogP contribution is 2.17. The van der Waals surface area contributed by atoms with Crippen molar-refractivity contribution >= 4 is 6.21 Å². The lowest BCUT2D eigenvalue weighted by Gasteiger charge is -2.26. The zero-order valence-electron chi connectivity index (χ0n) is 17.7. The van der Waals surface area contributed by atoms with Crippen LogP contribution in [0.3, 0.4) is 0 Å². The van der Waals surface area contributed by atoms with Gasteiger partial charge in [0.2, 0.25) is 0 Å². The lowest BCUT2D eigenvalue weighted by atomic mass is 10.0. The highest BCUT2D eigenvalue weighted by Gasteiger charge is 2.22. The van der Waals surface area contributed by atoms with Crippen LogP contribution in [0.1, 0.15) is 110 Å². The van der Waals surface area contributed by atoms with Crippen LogP contribution in [-0.4, -0.2) is 30.0 Å². The maximum atomic E-state index is 5.99. The van der Waals surface area contributed by atoms with Crippen molar-refractivity contribution in [3.8, 4) is 0 Å². The van der Waals surface area contributed by atoms with Crippen molar-refractivity contribution < 1.29 is 0 Å². The molecule has 2 unspecified atom stereocenters. The van der Waals surface area contributed by atoms with Crippen molar-refractivity contribution in [3.63, 3.8) is 0 Å². The van der Waals surface area contributed by atoms with Crippen LogP contribution in [-0.2, 0) is 0 Å². The molecular formula is C23H45N3. The second-order valence-electron chi connectivity index (χ2n) is 7.98. The summed E-state index contributed by atoms with van der Waals surface area (Å²) in [7, 11) is 0. The van der Waals surface area contributed by atoms with Gasteiger partial charge in [-0.15, -0.1) is 0 Å². The van der Waals surface area contributed by atoms with Crippen LogP contribution in [0, 0.1) is 0 Å². The van der Waals surface area contributed by atoms with Gasteiger partial charge in [0.15, 0.2) is 0 Å². The summed E-state index contributed by atoms with van der Waals surface area (Å²) in [4.78, 5) is 6.86. The quantitative estimate of drug-likeness (QED) is 0.239. The number of unbranched alkanes of at least 4 members (excludes halogenated alkanes) is 12. The van der Waals surface area contributed by atoms with Crippen molar-refractivity contribution in [2.75, 3.05) is 6.54 Å². The number of nitrogens with two attached hydrogens (primary N) is 1. The molecule has 2 atom stereocenters. The van der Waals surface area contributed by atoms with E-state index in [0.29, 0.717) is 6.17 Å². The van der Waals surface area contributed by atoms with E-state index in [4.69, 9.17) is 5.73 Å². The molecule has 1 heterocycles. The van der Waals surface area contributed by atoms with Gasteiger partial charge in [-0.05, 0) is 39.0 Å². The van der Waals surface area contributed by atoms with Crippen LogP contribution in [0.15, 0.2) is 17.1 Å². The third-order valence-electron chi connectivity index (χ3n) is 5.45. The van der Waals surface area contributed by atoms with Gasteiger partial charge in [0.05, 0.1) is 6.17 Å². The lowest BCUT2D eigenvalue weighted by Crippen LogP contribution is -2.43. The van der Waals surface area contributed by atoms with E-state index in [2.05, 4.69) is 35.9 Å². The zero-order valence-corrected chi connectivity index (χ0v) is 17.7. The molecule has 1 aliphatic heterocycles. The summed E-state index contributed by atoms with van der Waals surface area (Å²) < 4.78 is 0. The molecule has 3 nitrogen and oxygen atoms in total. The maximum absolute atomic E-state index is 5.99. The Balaban J connectivity index is 1.78. The Morgan fingerprint density at radius 1 is 0.923 bits per heavy atom. The molecule has 1 rings (SSSR count). The molecule has 0 aromatic carbocycles. The molecule has 0 radical (unpaired) electrons. The summed E-state index contributed by atoms with van der Waals surface area (Å²) in [5.74, 6) is 0. The number of hydrogen-bond acceptors (Lipinski definition) is 3. The molecule has 0 aliphatic carbocycles. The van der Waals surface area contributed by atoms with E-state index in [1.807, 2.05) is 6.21 Å². The average Bonchev–Trinajstić information content (AvgIpc) is 3.10. The highest BCUT2D eigenvalue weighted by molar-refractivity contribution is 5.62. The molecule has 3 heteroatoms. The van der Waals surface area contributed by atoms with E-state index < -0.39 is 0 Å². The van der Waals surface area contributed by atoms with Crippen molar-refractivity contribution in [2.45, 2.75) is 122 Å². The minimum absolute atomic E-state index is 0.125. The molecule has 0 spiro atoms. The molecule has 0 saturated heterocycles. The Kier molecular flexibility index (Phi) is 14.8. The van der Waals surface area contributed by atoms with E-state index in [9.17, 15) is 0 Å². The third-order valence-corrected chi connectivity index (χ3v) is 5.45. The Morgan fingerprint density at radius 3 is 2.04 bits per heavy atom. The van der Waals surface area contributed by atoms with Crippen molar-refractivity contribution in [3.05, 3.63) is 12.2 Å². The number of rotatable bonds is 17. The number of aliphatic imine (C=N–C) groups is 1. The Bertz CT molecular complexity index is 362. The van der Waals surface area contributed by atoms with Gasteiger partial charge in [0.1, 0.15) is 6.17 Å². The van der Waals surface area contributed by atoms with Gasteiger partial charge in [0.25, 0.3) is 0 Å². The van der Waals surface area contributed by atoms with Gasteiger partial charge >= 0.3 is 0 Å². The van der Waals surface area contributed by atoms with Crippen LogP contribution in [0.2, 0.25) is 0 Å². The average molecular weight is 364 g/mol. The van der Waals surface area contributed by atoms with Crippen molar-refractivity contribution in [2.24, 2.45) is 10.7 Å². The fourth-order valence-corrected chi connectivity index (χ4v) is 3.71. The summed E-state index contributed by atoms with van der Waals surface area (Å²) >= 11 is 0. The minimum atomic E-state index is 0.125. The fraction of sp³-hybridized carbons (Fsp3) is 0.870. The number of hydrogen-bond donors (Lipinski definition) is 1. The van der Waals surface area contributed by atoms with E-state index in [-0.39, 0.29) is 6.17 Å². The Hall–Kier alpha value is -0.670. The zero-order chi connectivity index (χ0) is 18.9. The SMILES string of the molecule is CCCC/C=C/CCCCCCCCCCCCC1N=CCN1C(C)N. The first-order valence-electron chi connectivity index (χ1n) is 11.4. The van der Waals surface area contributed by atoms with Gasteiger partial charge in [-0.2, -0.15) is 0 Å². The largest absolute Gasteiger partial charge is 0.316 e. The van der Waals surface area contributed by atoms with Crippen LogP contribution >= 0.6 is 0 Å². The van der Waals surface area contributed by atoms with Crippen LogP contribution in [0.25, 0.3) is 0 Å². The predicted octanol–water partition coefficient (Wildman–Crippen LogP) is 6.43. The molecule has 0 aromatic heterocycles. The summed E-state index contributed by atoms with van der Waals surface area (Å²) in [6.07, 6.45) is 27.6. The van der Waals surface area contributed by atoms with E-state index in [1.54, 1.807) is 0 Å². The van der Waals surface area contributed by atoms with Gasteiger partial charge in [-0.25, -0.2) is 0 Å². The van der Waals surface area contributed by atoms with Gasteiger partial charge < -0.3 is 5.73 Å². The van der Waals surface area contributed by atoms with E-state index in [1.165, 1.54) is 96.3 Å². The first-order valence-corrected chi connectivity index (χ1v) is 11.4. The number of allylic oxidation sites excluding steroid dienone is 2. The molecule has 0 saturated carbocycles. The van der Waals surface area contributed by atoms with E-state index >= 15 is 0 Å². The predicted molar refractivity (Wildman–Crippen MR) is 117 cm³/mol. The smallest absolute Gasteiger partial charge is 0.103 e. The van der Waals surface area contributed by atoms with Crippen LogP contribution < -0.4 is 5.73 Å². The Morgan fingerprint density at radius 2 is 1.46 bits per heavy atom. The van der Waals surface area contributed by atoms with Gasteiger partial charge in [0, 0.05) is 12.8 Å². The van der Waals surface area contributed by atoms with Crippen LogP contribution in [0.4, 0.5) is 0 Å². The molecule has 1 aliphatic rings. The van der Waals surface area contributed by atoms with Crippen molar-refractivity contribution in [1.29, 1.82) is 0 Å². The fourth-order valence-electron chi connectivity index (χ4n) is 3.71. The summed E-state index contributed by atoms with van der Waals surface area (Å²) in [5, 5.41) is 0. The molecule has 0 bridgehead atoms. The second kappa shape index (κ2) is 16.5. The first kappa shape index (κ1) is 23.4. The van der Waals surface area contributed by atoms with Crippen LogP contribution in [0.5, 0.6) is 0 Å². The topological polar surface area (TPSA) is 41.6 Å². The first-order chi connectivity index (χ1) is 12.8. The molecule has 0 aromatic rings. The maximum Gasteiger partial charge on any atom is 0.103 e. The standard InChI is InChI=1S/C23H45N3/c1-3-4-5-6-7-8-9-10-11-12-13-14-15-16-17-18-19-23-25-20-21-26(23)22(2)24/h6-7,20,22-23H,3-5,8-19,21,24H2,1-2H3/b7-6+.